The average Bonchev–Trinajstić information content (AvgIpc) is 3.34. The number of hydrogen-bond donors (Lipinski definition) is 0. The molecule has 25 heavy (non-hydrogen) atoms. The lowest BCUT2D eigenvalue weighted by molar-refractivity contribution is -0.124. The van der Waals surface area contributed by atoms with E-state index in [0.717, 1.165) is 22.9 Å². The minimum atomic E-state index is -0.294. The molecule has 2 bridgehead atoms. The van der Waals surface area contributed by atoms with Crippen molar-refractivity contribution in [3.8, 4) is 0 Å². The molecule has 4 atom stereocenters. The second kappa shape index (κ2) is 5.51. The van der Waals surface area contributed by atoms with Crippen LogP contribution < -0.4 is 4.90 Å². The van der Waals surface area contributed by atoms with E-state index in [0.29, 0.717) is 12.2 Å². The van der Waals surface area contributed by atoms with Crippen molar-refractivity contribution in [2.75, 3.05) is 4.90 Å². The zero-order chi connectivity index (χ0) is 17.1. The van der Waals surface area contributed by atoms with Crippen molar-refractivity contribution >= 4 is 33.4 Å². The second-order valence-electron chi connectivity index (χ2n) is 6.88. The fourth-order valence-corrected chi connectivity index (χ4v) is 4.70. The van der Waals surface area contributed by atoms with Crippen LogP contribution in [0.3, 0.4) is 0 Å². The Bertz CT molecular complexity index is 852. The van der Waals surface area contributed by atoms with Crippen LogP contribution in [0.1, 0.15) is 18.4 Å². The van der Waals surface area contributed by atoms with Crippen molar-refractivity contribution in [3.05, 3.63) is 46.7 Å². The van der Waals surface area contributed by atoms with Crippen LogP contribution in [0.2, 0.25) is 0 Å². The SMILES string of the molecule is O=C1[C@@H]2[C@@H](C(=O)N1c1cccc(Cn3cc(Br)cn3)c1)[C@H]1CC[C@H]2O1. The Hall–Kier alpha value is -1.99. The van der Waals surface area contributed by atoms with Gasteiger partial charge >= 0.3 is 0 Å². The molecule has 0 N–H and O–H groups in total. The van der Waals surface area contributed by atoms with Gasteiger partial charge in [0.05, 0.1) is 46.9 Å². The number of ether oxygens (including phenoxy) is 1. The number of imide groups is 1. The number of nitrogens with zero attached hydrogens (tertiary/aromatic N) is 3. The number of carbonyl (C=O) groups is 2. The third-order valence-electron chi connectivity index (χ3n) is 5.40. The van der Waals surface area contributed by atoms with Gasteiger partial charge in [0.1, 0.15) is 0 Å². The van der Waals surface area contributed by atoms with Gasteiger partial charge in [-0.15, -0.1) is 0 Å². The zero-order valence-corrected chi connectivity index (χ0v) is 14.9. The van der Waals surface area contributed by atoms with Crippen LogP contribution in [0.5, 0.6) is 0 Å². The summed E-state index contributed by atoms with van der Waals surface area (Å²) in [6, 6.07) is 7.57. The van der Waals surface area contributed by atoms with E-state index in [1.54, 1.807) is 10.9 Å². The number of fused-ring (bicyclic) bond motifs is 5. The molecule has 3 aliphatic heterocycles. The van der Waals surface area contributed by atoms with Gasteiger partial charge in [-0.25, -0.2) is 4.90 Å². The van der Waals surface area contributed by atoms with Gasteiger partial charge < -0.3 is 4.74 Å². The number of rotatable bonds is 3. The molecule has 2 amide bonds. The summed E-state index contributed by atoms with van der Waals surface area (Å²) in [6.07, 6.45) is 5.22. The van der Waals surface area contributed by atoms with Crippen molar-refractivity contribution in [1.82, 2.24) is 9.78 Å². The van der Waals surface area contributed by atoms with Crippen LogP contribution in [-0.4, -0.2) is 33.8 Å². The van der Waals surface area contributed by atoms with E-state index in [4.69, 9.17) is 4.74 Å². The molecule has 0 spiro atoms. The van der Waals surface area contributed by atoms with E-state index in [1.165, 1.54) is 4.90 Å². The highest BCUT2D eigenvalue weighted by atomic mass is 79.9. The van der Waals surface area contributed by atoms with Crippen LogP contribution >= 0.6 is 15.9 Å². The third kappa shape index (κ3) is 2.29. The van der Waals surface area contributed by atoms with Crippen LogP contribution in [0, 0.1) is 11.8 Å². The third-order valence-corrected chi connectivity index (χ3v) is 5.81. The standard InChI is InChI=1S/C18H16BrN3O3/c19-11-7-20-21(9-11)8-10-2-1-3-12(6-10)22-17(23)15-13-4-5-14(25-13)16(15)18(22)24/h1-3,6-7,9,13-16H,4-5,8H2/t13-,14-,15+,16+/m1/s1. The van der Waals surface area contributed by atoms with Crippen molar-refractivity contribution in [1.29, 1.82) is 0 Å². The molecule has 3 saturated heterocycles. The summed E-state index contributed by atoms with van der Waals surface area (Å²) < 4.78 is 8.50. The molecule has 0 unspecified atom stereocenters. The minimum absolute atomic E-state index is 0.0824. The molecule has 2 aromatic rings. The Labute approximate surface area is 152 Å². The van der Waals surface area contributed by atoms with Crippen LogP contribution in [0.15, 0.2) is 41.1 Å². The zero-order valence-electron chi connectivity index (χ0n) is 13.3. The van der Waals surface area contributed by atoms with E-state index >= 15 is 0 Å². The average molecular weight is 402 g/mol. The molecular weight excluding hydrogens is 386 g/mol. The molecule has 1 aromatic heterocycles. The first-order valence-electron chi connectivity index (χ1n) is 8.42. The van der Waals surface area contributed by atoms with Gasteiger partial charge in [0, 0.05) is 6.20 Å². The van der Waals surface area contributed by atoms with Gasteiger partial charge in [-0.3, -0.25) is 14.3 Å². The largest absolute Gasteiger partial charge is 0.373 e. The maximum atomic E-state index is 12.9. The first-order valence-corrected chi connectivity index (χ1v) is 9.21. The van der Waals surface area contributed by atoms with Crippen molar-refractivity contribution in [2.24, 2.45) is 11.8 Å². The summed E-state index contributed by atoms with van der Waals surface area (Å²) in [5, 5.41) is 4.25. The Kier molecular flexibility index (Phi) is 3.36. The molecular formula is C18H16BrN3O3. The lowest BCUT2D eigenvalue weighted by atomic mass is 9.81. The lowest BCUT2D eigenvalue weighted by Crippen LogP contribution is -2.34. The Morgan fingerprint density at radius 3 is 2.52 bits per heavy atom. The van der Waals surface area contributed by atoms with Gasteiger partial charge in [-0.05, 0) is 46.5 Å². The quantitative estimate of drug-likeness (QED) is 0.740. The number of anilines is 1. The summed E-state index contributed by atoms with van der Waals surface area (Å²) in [5.41, 5.74) is 1.64. The number of hydrogen-bond acceptors (Lipinski definition) is 4. The minimum Gasteiger partial charge on any atom is -0.373 e. The summed E-state index contributed by atoms with van der Waals surface area (Å²) in [6.45, 7) is 0.580. The number of amides is 2. The van der Waals surface area contributed by atoms with Crippen molar-refractivity contribution in [2.45, 2.75) is 31.6 Å². The summed E-state index contributed by atoms with van der Waals surface area (Å²) in [4.78, 5) is 27.1. The summed E-state index contributed by atoms with van der Waals surface area (Å²) in [7, 11) is 0. The van der Waals surface area contributed by atoms with Crippen LogP contribution in [-0.2, 0) is 20.9 Å². The van der Waals surface area contributed by atoms with Crippen LogP contribution in [0.25, 0.3) is 0 Å². The predicted molar refractivity (Wildman–Crippen MR) is 92.8 cm³/mol. The lowest BCUT2D eigenvalue weighted by Gasteiger charge is -2.18. The molecule has 7 heteroatoms. The highest BCUT2D eigenvalue weighted by molar-refractivity contribution is 9.10. The number of halogens is 1. The monoisotopic (exact) mass is 401 g/mol. The molecule has 0 saturated carbocycles. The molecule has 6 nitrogen and oxygen atoms in total. The van der Waals surface area contributed by atoms with E-state index in [1.807, 2.05) is 30.5 Å². The molecule has 128 valence electrons. The number of carbonyl (C=O) groups excluding carboxylic acids is 2. The molecule has 0 radical (unpaired) electrons. The molecule has 4 heterocycles. The number of aromatic nitrogens is 2. The fourth-order valence-electron chi connectivity index (χ4n) is 4.37. The topological polar surface area (TPSA) is 64.4 Å². The van der Waals surface area contributed by atoms with Gasteiger partial charge in [0.25, 0.3) is 0 Å². The Morgan fingerprint density at radius 1 is 1.16 bits per heavy atom. The van der Waals surface area contributed by atoms with Crippen LogP contribution in [0.4, 0.5) is 5.69 Å². The molecule has 0 aliphatic carbocycles. The first-order chi connectivity index (χ1) is 12.1. The highest BCUT2D eigenvalue weighted by Gasteiger charge is 2.62. The smallest absolute Gasteiger partial charge is 0.240 e. The van der Waals surface area contributed by atoms with E-state index in [-0.39, 0.29) is 35.9 Å². The second-order valence-corrected chi connectivity index (χ2v) is 7.80. The normalized spacial score (nSPS) is 30.4. The molecule has 3 fully saturated rings. The summed E-state index contributed by atoms with van der Waals surface area (Å²) >= 11 is 3.38. The molecule has 3 aliphatic rings. The van der Waals surface area contributed by atoms with E-state index in [9.17, 15) is 9.59 Å². The van der Waals surface area contributed by atoms with E-state index < -0.39 is 0 Å². The maximum absolute atomic E-state index is 12.9. The number of benzene rings is 1. The predicted octanol–water partition coefficient (Wildman–Crippen LogP) is 2.36. The van der Waals surface area contributed by atoms with Gasteiger partial charge in [-0.1, -0.05) is 12.1 Å². The first kappa shape index (κ1) is 15.3. The van der Waals surface area contributed by atoms with Crippen molar-refractivity contribution < 1.29 is 14.3 Å². The molecule has 1 aromatic carbocycles. The summed E-state index contributed by atoms with van der Waals surface area (Å²) in [5.74, 6) is -0.809. The Balaban J connectivity index is 1.44. The fraction of sp³-hybridized carbons (Fsp3) is 0.389. The van der Waals surface area contributed by atoms with Gasteiger partial charge in [0.2, 0.25) is 11.8 Å². The Morgan fingerprint density at radius 2 is 1.88 bits per heavy atom. The van der Waals surface area contributed by atoms with Gasteiger partial charge in [-0.2, -0.15) is 5.10 Å². The maximum Gasteiger partial charge on any atom is 0.240 e. The highest BCUT2D eigenvalue weighted by Crippen LogP contribution is 2.49. The molecule has 5 rings (SSSR count). The van der Waals surface area contributed by atoms with Crippen molar-refractivity contribution in [3.63, 3.8) is 0 Å². The van der Waals surface area contributed by atoms with E-state index in [2.05, 4.69) is 21.0 Å². The van der Waals surface area contributed by atoms with Gasteiger partial charge in [0.15, 0.2) is 0 Å².